The van der Waals surface area contributed by atoms with Crippen LogP contribution in [0.5, 0.6) is 5.75 Å². The van der Waals surface area contributed by atoms with E-state index in [1.807, 2.05) is 49.4 Å². The maximum absolute atomic E-state index is 10.2. The second-order valence-corrected chi connectivity index (χ2v) is 7.13. The molecule has 0 unspecified atom stereocenters. The van der Waals surface area contributed by atoms with E-state index in [4.69, 9.17) is 0 Å². The van der Waals surface area contributed by atoms with Crippen LogP contribution >= 0.6 is 0 Å². The summed E-state index contributed by atoms with van der Waals surface area (Å²) < 4.78 is 0. The predicted molar refractivity (Wildman–Crippen MR) is 116 cm³/mol. The van der Waals surface area contributed by atoms with Crippen LogP contribution in [0, 0.1) is 6.92 Å². The van der Waals surface area contributed by atoms with E-state index < -0.39 is 0 Å². The van der Waals surface area contributed by atoms with Gasteiger partial charge in [0.25, 0.3) is 0 Å². The molecule has 5 aromatic rings. The highest BCUT2D eigenvalue weighted by atomic mass is 16.3. The second-order valence-electron chi connectivity index (χ2n) is 7.13. The quantitative estimate of drug-likeness (QED) is 0.434. The lowest BCUT2D eigenvalue weighted by Gasteiger charge is -2.05. The number of benzene rings is 4. The zero-order valence-electron chi connectivity index (χ0n) is 15.9. The van der Waals surface area contributed by atoms with E-state index in [0.29, 0.717) is 5.69 Å². The van der Waals surface area contributed by atoms with Crippen LogP contribution < -0.4 is 0 Å². The summed E-state index contributed by atoms with van der Waals surface area (Å²) in [6, 6.07) is 30.3. The fourth-order valence-corrected chi connectivity index (χ4v) is 3.48. The number of aromatic nitrogens is 3. The number of hydrogen-bond acceptors (Lipinski definition) is 3. The third kappa shape index (κ3) is 3.25. The molecule has 0 aliphatic carbocycles. The van der Waals surface area contributed by atoms with Crippen molar-refractivity contribution in [2.75, 3.05) is 0 Å². The van der Waals surface area contributed by atoms with Crippen LogP contribution in [0.4, 0.5) is 0 Å². The Labute approximate surface area is 168 Å². The maximum Gasteiger partial charge on any atom is 0.143 e. The zero-order chi connectivity index (χ0) is 19.8. The van der Waals surface area contributed by atoms with Gasteiger partial charge in [-0.3, -0.25) is 0 Å². The molecule has 29 heavy (non-hydrogen) atoms. The summed E-state index contributed by atoms with van der Waals surface area (Å²) >= 11 is 0. The van der Waals surface area contributed by atoms with E-state index in [2.05, 4.69) is 52.7 Å². The van der Waals surface area contributed by atoms with Gasteiger partial charge in [0, 0.05) is 0 Å². The van der Waals surface area contributed by atoms with Gasteiger partial charge >= 0.3 is 0 Å². The zero-order valence-corrected chi connectivity index (χ0v) is 15.9. The minimum Gasteiger partial charge on any atom is -0.506 e. The molecule has 0 amide bonds. The molecule has 0 bridgehead atoms. The molecule has 1 N–H and O–H groups in total. The fourth-order valence-electron chi connectivity index (χ4n) is 3.48. The van der Waals surface area contributed by atoms with Crippen molar-refractivity contribution in [2.24, 2.45) is 0 Å². The molecule has 140 valence electrons. The Bertz CT molecular complexity index is 1310. The van der Waals surface area contributed by atoms with Crippen LogP contribution in [-0.4, -0.2) is 20.1 Å². The van der Waals surface area contributed by atoms with Crippen molar-refractivity contribution in [1.29, 1.82) is 0 Å². The van der Waals surface area contributed by atoms with Gasteiger partial charge in [0.15, 0.2) is 0 Å². The van der Waals surface area contributed by atoms with Gasteiger partial charge < -0.3 is 5.11 Å². The molecule has 4 heteroatoms. The number of phenols is 1. The highest BCUT2D eigenvalue weighted by Crippen LogP contribution is 2.28. The van der Waals surface area contributed by atoms with E-state index in [0.717, 1.165) is 27.7 Å². The normalized spacial score (nSPS) is 11.1. The van der Waals surface area contributed by atoms with Gasteiger partial charge in [-0.25, -0.2) is 0 Å². The SMILES string of the molecule is Cc1ccc(O)c(-n2nc3ccc(-c4ccc(-c5ccccc5)cc4)cc3n2)c1. The van der Waals surface area contributed by atoms with Crippen LogP contribution in [0.15, 0.2) is 91.0 Å². The summed E-state index contributed by atoms with van der Waals surface area (Å²) in [6.45, 7) is 1.98. The number of nitrogens with zero attached hydrogens (tertiary/aromatic N) is 3. The maximum atomic E-state index is 10.2. The standard InChI is InChI=1S/C25H19N3O/c1-17-7-14-25(29)24(15-17)28-26-22-13-12-21(16-23(22)27-28)20-10-8-19(9-11-20)18-5-3-2-4-6-18/h2-16,29H,1H3. The van der Waals surface area contributed by atoms with Crippen molar-refractivity contribution in [3.05, 3.63) is 96.6 Å². The largest absolute Gasteiger partial charge is 0.506 e. The summed E-state index contributed by atoms with van der Waals surface area (Å²) in [7, 11) is 0. The first-order chi connectivity index (χ1) is 14.2. The van der Waals surface area contributed by atoms with Crippen LogP contribution in [0.2, 0.25) is 0 Å². The Morgan fingerprint density at radius 1 is 0.621 bits per heavy atom. The Kier molecular flexibility index (Phi) is 4.10. The topological polar surface area (TPSA) is 50.9 Å². The lowest BCUT2D eigenvalue weighted by Crippen LogP contribution is -1.99. The monoisotopic (exact) mass is 377 g/mol. The molecule has 5 rings (SSSR count). The Hall–Kier alpha value is -3.92. The molecule has 0 atom stereocenters. The van der Waals surface area contributed by atoms with E-state index >= 15 is 0 Å². The molecule has 0 fully saturated rings. The molecule has 0 radical (unpaired) electrons. The predicted octanol–water partition coefficient (Wildman–Crippen LogP) is 5.77. The molecule has 4 aromatic carbocycles. The van der Waals surface area contributed by atoms with Crippen molar-refractivity contribution in [1.82, 2.24) is 15.0 Å². The third-order valence-electron chi connectivity index (χ3n) is 5.05. The highest BCUT2D eigenvalue weighted by molar-refractivity contribution is 5.82. The third-order valence-corrected chi connectivity index (χ3v) is 5.05. The minimum absolute atomic E-state index is 0.160. The van der Waals surface area contributed by atoms with Crippen LogP contribution in [0.25, 0.3) is 39.0 Å². The summed E-state index contributed by atoms with van der Waals surface area (Å²) in [5.74, 6) is 0.160. The summed E-state index contributed by atoms with van der Waals surface area (Å²) in [4.78, 5) is 1.50. The van der Waals surface area contributed by atoms with E-state index in [-0.39, 0.29) is 5.75 Å². The van der Waals surface area contributed by atoms with Gasteiger partial charge in [0.05, 0.1) is 0 Å². The molecule has 0 saturated carbocycles. The van der Waals surface area contributed by atoms with Gasteiger partial charge in [-0.2, -0.15) is 0 Å². The number of hydrogen-bond donors (Lipinski definition) is 1. The number of phenolic OH excluding ortho intramolecular Hbond substituents is 1. The Morgan fingerprint density at radius 3 is 2.00 bits per heavy atom. The Balaban J connectivity index is 1.51. The molecule has 0 aliphatic rings. The number of aryl methyl sites for hydroxylation is 1. The first-order valence-corrected chi connectivity index (χ1v) is 9.50. The highest BCUT2D eigenvalue weighted by Gasteiger charge is 2.10. The lowest BCUT2D eigenvalue weighted by molar-refractivity contribution is 0.467. The summed E-state index contributed by atoms with van der Waals surface area (Å²) in [5.41, 5.74) is 7.79. The van der Waals surface area contributed by atoms with E-state index in [9.17, 15) is 5.11 Å². The fraction of sp³-hybridized carbons (Fsp3) is 0.0400. The van der Waals surface area contributed by atoms with Crippen molar-refractivity contribution < 1.29 is 5.11 Å². The van der Waals surface area contributed by atoms with Crippen molar-refractivity contribution in [2.45, 2.75) is 6.92 Å². The van der Waals surface area contributed by atoms with Crippen molar-refractivity contribution in [3.63, 3.8) is 0 Å². The van der Waals surface area contributed by atoms with Gasteiger partial charge in [0.2, 0.25) is 0 Å². The van der Waals surface area contributed by atoms with Gasteiger partial charge in [-0.05, 0) is 59.0 Å². The van der Waals surface area contributed by atoms with E-state index in [1.165, 1.54) is 15.9 Å². The molecular weight excluding hydrogens is 358 g/mol. The average Bonchev–Trinajstić information content (AvgIpc) is 3.19. The lowest BCUT2D eigenvalue weighted by atomic mass is 10.0. The van der Waals surface area contributed by atoms with Crippen molar-refractivity contribution >= 4 is 11.0 Å². The van der Waals surface area contributed by atoms with Gasteiger partial charge in [0.1, 0.15) is 22.5 Å². The molecule has 0 saturated heterocycles. The average molecular weight is 377 g/mol. The molecule has 1 aromatic heterocycles. The molecule has 0 spiro atoms. The first kappa shape index (κ1) is 17.2. The van der Waals surface area contributed by atoms with Crippen LogP contribution in [0.3, 0.4) is 0 Å². The first-order valence-electron chi connectivity index (χ1n) is 9.50. The molecular formula is C25H19N3O. The summed E-state index contributed by atoms with van der Waals surface area (Å²) in [6.07, 6.45) is 0. The van der Waals surface area contributed by atoms with Crippen molar-refractivity contribution in [3.8, 4) is 33.7 Å². The van der Waals surface area contributed by atoms with Gasteiger partial charge in [-0.1, -0.05) is 66.7 Å². The Morgan fingerprint density at radius 2 is 1.24 bits per heavy atom. The van der Waals surface area contributed by atoms with Crippen LogP contribution in [-0.2, 0) is 0 Å². The van der Waals surface area contributed by atoms with Gasteiger partial charge in [-0.15, -0.1) is 15.0 Å². The number of fused-ring (bicyclic) bond motifs is 1. The second kappa shape index (κ2) is 6.91. The van der Waals surface area contributed by atoms with Crippen LogP contribution in [0.1, 0.15) is 5.56 Å². The van der Waals surface area contributed by atoms with E-state index in [1.54, 1.807) is 6.07 Å². The minimum atomic E-state index is 0.160. The molecule has 0 aliphatic heterocycles. The molecule has 4 nitrogen and oxygen atoms in total. The number of aromatic hydroxyl groups is 1. The summed E-state index contributed by atoms with van der Waals surface area (Å²) in [5, 5.41) is 19.3. The number of rotatable bonds is 3. The smallest absolute Gasteiger partial charge is 0.143 e. The molecule has 1 heterocycles.